The Morgan fingerprint density at radius 2 is 1.73 bits per heavy atom. The van der Waals surface area contributed by atoms with Crippen LogP contribution in [-0.2, 0) is 0 Å². The Bertz CT molecular complexity index is 239. The minimum atomic E-state index is -1.17. The number of allylic oxidation sites excluding steroid dienone is 4. The highest BCUT2D eigenvalue weighted by Gasteiger charge is 2.19. The van der Waals surface area contributed by atoms with Gasteiger partial charge in [0.05, 0.1) is 0 Å². The molecule has 0 aliphatic rings. The molecule has 0 bridgehead atoms. The predicted octanol–water partition coefficient (Wildman–Crippen LogP) is 5.81. The van der Waals surface area contributed by atoms with Crippen LogP contribution in [0.2, 0.25) is 0 Å². The van der Waals surface area contributed by atoms with Crippen LogP contribution in [0.3, 0.4) is 0 Å². The van der Waals surface area contributed by atoms with Crippen LogP contribution >= 0.6 is 50.7 Å². The standard InChI is InChI=1S/C11H16BrCl3/c1-9(6-7-12)4-3-5-10(2)8-11(13,14)15/h5-6H,3-4,7-8H2,1-2H3. The second kappa shape index (κ2) is 8.00. The summed E-state index contributed by atoms with van der Waals surface area (Å²) in [4.78, 5) is 0. The van der Waals surface area contributed by atoms with E-state index in [2.05, 4.69) is 35.0 Å². The van der Waals surface area contributed by atoms with Gasteiger partial charge < -0.3 is 0 Å². The van der Waals surface area contributed by atoms with Gasteiger partial charge in [-0.1, -0.05) is 74.0 Å². The van der Waals surface area contributed by atoms with Gasteiger partial charge >= 0.3 is 0 Å². The summed E-state index contributed by atoms with van der Waals surface area (Å²) in [5.41, 5.74) is 2.51. The molecule has 0 aliphatic heterocycles. The summed E-state index contributed by atoms with van der Waals surface area (Å²) >= 11 is 20.4. The molecule has 0 spiro atoms. The SMILES string of the molecule is CC(=CCBr)CCC=C(C)CC(Cl)(Cl)Cl. The summed E-state index contributed by atoms with van der Waals surface area (Å²) < 4.78 is -1.17. The Kier molecular flexibility index (Phi) is 8.44. The normalized spacial score (nSPS) is 14.5. The smallest absolute Gasteiger partial charge is 0.0883 e. The molecule has 0 radical (unpaired) electrons. The van der Waals surface area contributed by atoms with Crippen LogP contribution in [0.1, 0.15) is 33.1 Å². The molecule has 0 fully saturated rings. The minimum Gasteiger partial charge on any atom is -0.0883 e. The zero-order valence-corrected chi connectivity index (χ0v) is 12.8. The van der Waals surface area contributed by atoms with Gasteiger partial charge in [0.1, 0.15) is 0 Å². The number of halogens is 4. The molecular formula is C11H16BrCl3. The van der Waals surface area contributed by atoms with Gasteiger partial charge in [0.25, 0.3) is 0 Å². The van der Waals surface area contributed by atoms with Crippen LogP contribution < -0.4 is 0 Å². The van der Waals surface area contributed by atoms with Crippen molar-refractivity contribution in [1.82, 2.24) is 0 Å². The largest absolute Gasteiger partial charge is 0.194 e. The summed E-state index contributed by atoms with van der Waals surface area (Å²) in [6.45, 7) is 4.12. The fourth-order valence-corrected chi connectivity index (χ4v) is 2.35. The first-order valence-electron chi connectivity index (χ1n) is 4.79. The van der Waals surface area contributed by atoms with Crippen molar-refractivity contribution in [3.05, 3.63) is 23.3 Å². The molecule has 88 valence electrons. The van der Waals surface area contributed by atoms with Crippen molar-refractivity contribution in [2.24, 2.45) is 0 Å². The molecule has 0 N–H and O–H groups in total. The molecule has 0 saturated carbocycles. The minimum absolute atomic E-state index is 0.499. The Morgan fingerprint density at radius 1 is 1.13 bits per heavy atom. The van der Waals surface area contributed by atoms with Crippen LogP contribution in [0.25, 0.3) is 0 Å². The Morgan fingerprint density at radius 3 is 2.20 bits per heavy atom. The van der Waals surface area contributed by atoms with E-state index in [-0.39, 0.29) is 0 Å². The number of rotatable bonds is 5. The molecule has 15 heavy (non-hydrogen) atoms. The average molecular weight is 335 g/mol. The molecule has 0 heterocycles. The first kappa shape index (κ1) is 15.8. The molecule has 0 saturated heterocycles. The van der Waals surface area contributed by atoms with Crippen LogP contribution in [0, 0.1) is 0 Å². The quantitative estimate of drug-likeness (QED) is 0.439. The molecule has 0 amide bonds. The lowest BCUT2D eigenvalue weighted by molar-refractivity contribution is 0.927. The zero-order valence-electron chi connectivity index (χ0n) is 8.99. The highest BCUT2D eigenvalue weighted by atomic mass is 79.9. The maximum atomic E-state index is 5.69. The fourth-order valence-electron chi connectivity index (χ4n) is 1.17. The molecule has 0 unspecified atom stereocenters. The van der Waals surface area contributed by atoms with E-state index in [9.17, 15) is 0 Å². The zero-order chi connectivity index (χ0) is 11.9. The highest BCUT2D eigenvalue weighted by molar-refractivity contribution is 9.09. The second-order valence-electron chi connectivity index (χ2n) is 3.59. The van der Waals surface area contributed by atoms with E-state index in [1.165, 1.54) is 5.57 Å². The third-order valence-corrected chi connectivity index (χ3v) is 2.66. The lowest BCUT2D eigenvalue weighted by Crippen LogP contribution is -2.01. The summed E-state index contributed by atoms with van der Waals surface area (Å²) in [5.74, 6) is 0. The monoisotopic (exact) mass is 332 g/mol. The van der Waals surface area contributed by atoms with Gasteiger partial charge in [0.15, 0.2) is 3.79 Å². The number of alkyl halides is 4. The van der Waals surface area contributed by atoms with E-state index in [1.54, 1.807) is 0 Å². The first-order chi connectivity index (χ1) is 6.85. The molecule has 0 aromatic rings. The van der Waals surface area contributed by atoms with Crippen LogP contribution in [-0.4, -0.2) is 9.12 Å². The third-order valence-electron chi connectivity index (χ3n) is 1.94. The molecule has 0 atom stereocenters. The summed E-state index contributed by atoms with van der Waals surface area (Å²) in [7, 11) is 0. The van der Waals surface area contributed by atoms with Crippen molar-refractivity contribution in [2.75, 3.05) is 5.33 Å². The highest BCUT2D eigenvalue weighted by Crippen LogP contribution is 2.33. The molecule has 0 aliphatic carbocycles. The Hall–Kier alpha value is 0.830. The lowest BCUT2D eigenvalue weighted by Gasteiger charge is -2.10. The summed E-state index contributed by atoms with van der Waals surface area (Å²) in [6, 6.07) is 0. The topological polar surface area (TPSA) is 0 Å². The number of hydrogen-bond acceptors (Lipinski definition) is 0. The van der Waals surface area contributed by atoms with Gasteiger partial charge in [-0.05, 0) is 26.7 Å². The van der Waals surface area contributed by atoms with E-state index < -0.39 is 3.79 Å². The van der Waals surface area contributed by atoms with Crippen LogP contribution in [0.5, 0.6) is 0 Å². The summed E-state index contributed by atoms with van der Waals surface area (Å²) in [5, 5.41) is 0.912. The average Bonchev–Trinajstić information content (AvgIpc) is 2.00. The van der Waals surface area contributed by atoms with E-state index in [1.807, 2.05) is 6.92 Å². The van der Waals surface area contributed by atoms with Gasteiger partial charge in [-0.15, -0.1) is 0 Å². The van der Waals surface area contributed by atoms with Gasteiger partial charge in [-0.25, -0.2) is 0 Å². The van der Waals surface area contributed by atoms with Crippen LogP contribution in [0.15, 0.2) is 23.3 Å². The van der Waals surface area contributed by atoms with Gasteiger partial charge in [-0.3, -0.25) is 0 Å². The van der Waals surface area contributed by atoms with Crippen molar-refractivity contribution in [3.63, 3.8) is 0 Å². The van der Waals surface area contributed by atoms with E-state index in [0.717, 1.165) is 23.7 Å². The van der Waals surface area contributed by atoms with Crippen LogP contribution in [0.4, 0.5) is 0 Å². The predicted molar refractivity (Wildman–Crippen MR) is 75.4 cm³/mol. The van der Waals surface area contributed by atoms with E-state index in [4.69, 9.17) is 34.8 Å². The van der Waals surface area contributed by atoms with E-state index in [0.29, 0.717) is 6.42 Å². The lowest BCUT2D eigenvalue weighted by atomic mass is 10.1. The maximum absolute atomic E-state index is 5.69. The van der Waals surface area contributed by atoms with Crippen molar-refractivity contribution in [3.8, 4) is 0 Å². The molecular weight excluding hydrogens is 318 g/mol. The Balaban J connectivity index is 3.92. The fraction of sp³-hybridized carbons (Fsp3) is 0.636. The molecule has 0 aromatic heterocycles. The molecule has 4 heteroatoms. The van der Waals surface area contributed by atoms with Gasteiger partial charge in [0, 0.05) is 11.8 Å². The first-order valence-corrected chi connectivity index (χ1v) is 7.04. The van der Waals surface area contributed by atoms with Crippen molar-refractivity contribution >= 4 is 50.7 Å². The molecule has 0 nitrogen and oxygen atoms in total. The molecule has 0 rings (SSSR count). The number of hydrogen-bond donors (Lipinski definition) is 0. The maximum Gasteiger partial charge on any atom is 0.194 e. The second-order valence-corrected chi connectivity index (χ2v) is 6.75. The third kappa shape index (κ3) is 11.1. The van der Waals surface area contributed by atoms with Crippen molar-refractivity contribution < 1.29 is 0 Å². The summed E-state index contributed by atoms with van der Waals surface area (Å²) in [6.07, 6.45) is 6.86. The van der Waals surface area contributed by atoms with Gasteiger partial charge in [-0.2, -0.15) is 0 Å². The van der Waals surface area contributed by atoms with Crippen molar-refractivity contribution in [1.29, 1.82) is 0 Å². The molecule has 0 aromatic carbocycles. The van der Waals surface area contributed by atoms with Crippen molar-refractivity contribution in [2.45, 2.75) is 36.9 Å². The van der Waals surface area contributed by atoms with E-state index >= 15 is 0 Å². The Labute approximate surface area is 116 Å². The van der Waals surface area contributed by atoms with Gasteiger partial charge in [0.2, 0.25) is 0 Å².